The smallest absolute Gasteiger partial charge is 0.0812 e. The molecule has 1 aromatic heterocycles. The Balaban J connectivity index is 1.63. The Labute approximate surface area is 105 Å². The van der Waals surface area contributed by atoms with E-state index in [9.17, 15) is 0 Å². The second-order valence-electron chi connectivity index (χ2n) is 4.36. The van der Waals surface area contributed by atoms with Gasteiger partial charge in [-0.25, -0.2) is 4.98 Å². The van der Waals surface area contributed by atoms with Gasteiger partial charge in [0.15, 0.2) is 0 Å². The van der Waals surface area contributed by atoms with Gasteiger partial charge in [-0.2, -0.15) is 0 Å². The molecule has 0 saturated carbocycles. The third-order valence-electron chi connectivity index (χ3n) is 3.22. The van der Waals surface area contributed by atoms with Crippen LogP contribution in [-0.4, -0.2) is 42.7 Å². The van der Waals surface area contributed by atoms with Gasteiger partial charge in [-0.1, -0.05) is 6.07 Å². The molecule has 1 aliphatic rings. The van der Waals surface area contributed by atoms with Crippen molar-refractivity contribution < 1.29 is 4.74 Å². The highest BCUT2D eigenvalue weighted by molar-refractivity contribution is 7.16. The van der Waals surface area contributed by atoms with Crippen LogP contribution in [0.2, 0.25) is 0 Å². The van der Waals surface area contributed by atoms with Gasteiger partial charge in [-0.15, -0.1) is 11.3 Å². The minimum Gasteiger partial charge on any atom is -0.379 e. The summed E-state index contributed by atoms with van der Waals surface area (Å²) in [4.78, 5) is 6.77. The molecule has 1 aliphatic heterocycles. The molecule has 1 saturated heterocycles. The van der Waals surface area contributed by atoms with Crippen LogP contribution in [0.4, 0.5) is 0 Å². The summed E-state index contributed by atoms with van der Waals surface area (Å²) in [6.07, 6.45) is 1.12. The maximum atomic E-state index is 5.35. The highest BCUT2D eigenvalue weighted by Crippen LogP contribution is 2.19. The number of hydrogen-bond donors (Lipinski definition) is 0. The average molecular weight is 248 g/mol. The molecule has 2 aromatic rings. The monoisotopic (exact) mass is 248 g/mol. The number of benzene rings is 1. The number of nitrogens with zero attached hydrogens (tertiary/aromatic N) is 2. The van der Waals surface area contributed by atoms with Gasteiger partial charge in [-0.3, -0.25) is 4.90 Å². The fourth-order valence-corrected chi connectivity index (χ4v) is 2.91. The molecule has 3 nitrogen and oxygen atoms in total. The second kappa shape index (κ2) is 5.12. The van der Waals surface area contributed by atoms with Crippen molar-refractivity contribution in [1.29, 1.82) is 0 Å². The third kappa shape index (κ3) is 2.65. The first-order chi connectivity index (χ1) is 8.42. The van der Waals surface area contributed by atoms with E-state index in [-0.39, 0.29) is 0 Å². The van der Waals surface area contributed by atoms with Crippen molar-refractivity contribution >= 4 is 21.6 Å². The van der Waals surface area contributed by atoms with Gasteiger partial charge < -0.3 is 4.74 Å². The lowest BCUT2D eigenvalue weighted by molar-refractivity contribution is 0.0384. The van der Waals surface area contributed by atoms with E-state index in [1.807, 2.05) is 5.51 Å². The van der Waals surface area contributed by atoms with Crippen LogP contribution in [0, 0.1) is 0 Å². The molecular formula is C13H16N2OS. The van der Waals surface area contributed by atoms with E-state index in [0.717, 1.165) is 44.8 Å². The molecule has 0 aliphatic carbocycles. The third-order valence-corrected chi connectivity index (χ3v) is 4.01. The number of hydrogen-bond acceptors (Lipinski definition) is 4. The number of thiazole rings is 1. The van der Waals surface area contributed by atoms with E-state index in [1.54, 1.807) is 11.3 Å². The van der Waals surface area contributed by atoms with Crippen molar-refractivity contribution in [2.45, 2.75) is 6.42 Å². The van der Waals surface area contributed by atoms with E-state index in [0.29, 0.717) is 0 Å². The number of fused-ring (bicyclic) bond motifs is 1. The van der Waals surface area contributed by atoms with Gasteiger partial charge in [0, 0.05) is 19.6 Å². The highest BCUT2D eigenvalue weighted by Gasteiger charge is 2.09. The summed E-state index contributed by atoms with van der Waals surface area (Å²) < 4.78 is 6.65. The normalized spacial score (nSPS) is 17.6. The summed E-state index contributed by atoms with van der Waals surface area (Å²) in [6.45, 7) is 5.04. The average Bonchev–Trinajstić information content (AvgIpc) is 2.85. The lowest BCUT2D eigenvalue weighted by Gasteiger charge is -2.26. The largest absolute Gasteiger partial charge is 0.379 e. The van der Waals surface area contributed by atoms with Crippen LogP contribution in [0.3, 0.4) is 0 Å². The Kier molecular flexibility index (Phi) is 3.36. The van der Waals surface area contributed by atoms with E-state index < -0.39 is 0 Å². The van der Waals surface area contributed by atoms with Gasteiger partial charge in [0.05, 0.1) is 28.9 Å². The van der Waals surface area contributed by atoms with Crippen molar-refractivity contribution in [2.75, 3.05) is 32.8 Å². The Morgan fingerprint density at radius 3 is 3.06 bits per heavy atom. The molecule has 0 bridgehead atoms. The minimum absolute atomic E-state index is 0.883. The molecule has 90 valence electrons. The van der Waals surface area contributed by atoms with Crippen LogP contribution in [0.15, 0.2) is 23.7 Å². The first-order valence-corrected chi connectivity index (χ1v) is 6.92. The van der Waals surface area contributed by atoms with Crippen molar-refractivity contribution in [3.63, 3.8) is 0 Å². The summed E-state index contributed by atoms with van der Waals surface area (Å²) in [5, 5.41) is 0. The van der Waals surface area contributed by atoms with E-state index in [1.165, 1.54) is 10.3 Å². The van der Waals surface area contributed by atoms with Crippen molar-refractivity contribution in [3.05, 3.63) is 29.3 Å². The van der Waals surface area contributed by atoms with Gasteiger partial charge in [-0.05, 0) is 24.1 Å². The summed E-state index contributed by atoms with van der Waals surface area (Å²) in [7, 11) is 0. The lowest BCUT2D eigenvalue weighted by atomic mass is 10.1. The summed E-state index contributed by atoms with van der Waals surface area (Å²) >= 11 is 1.72. The molecule has 0 amide bonds. The van der Waals surface area contributed by atoms with E-state index in [2.05, 4.69) is 28.1 Å². The minimum atomic E-state index is 0.883. The Hall–Kier alpha value is -0.970. The SMILES string of the molecule is c1nc2ccc(CCN3CCOCC3)cc2s1. The summed E-state index contributed by atoms with van der Waals surface area (Å²) in [5.41, 5.74) is 4.44. The van der Waals surface area contributed by atoms with Crippen molar-refractivity contribution in [3.8, 4) is 0 Å². The molecule has 0 N–H and O–H groups in total. The first kappa shape index (κ1) is 11.1. The number of ether oxygens (including phenoxy) is 1. The van der Waals surface area contributed by atoms with Crippen LogP contribution < -0.4 is 0 Å². The highest BCUT2D eigenvalue weighted by atomic mass is 32.1. The molecule has 17 heavy (non-hydrogen) atoms. The predicted octanol–water partition coefficient (Wildman–Crippen LogP) is 2.17. The molecule has 1 fully saturated rings. The van der Waals surface area contributed by atoms with Gasteiger partial charge in [0.2, 0.25) is 0 Å². The molecule has 0 unspecified atom stereocenters. The number of rotatable bonds is 3. The van der Waals surface area contributed by atoms with Crippen LogP contribution in [-0.2, 0) is 11.2 Å². The van der Waals surface area contributed by atoms with Crippen LogP contribution in [0.25, 0.3) is 10.2 Å². The van der Waals surface area contributed by atoms with Crippen LogP contribution >= 0.6 is 11.3 Å². The molecule has 0 radical (unpaired) electrons. The molecular weight excluding hydrogens is 232 g/mol. The van der Waals surface area contributed by atoms with Gasteiger partial charge in [0.25, 0.3) is 0 Å². The lowest BCUT2D eigenvalue weighted by Crippen LogP contribution is -2.37. The first-order valence-electron chi connectivity index (χ1n) is 6.04. The number of aromatic nitrogens is 1. The molecule has 3 rings (SSSR count). The zero-order chi connectivity index (χ0) is 11.5. The number of morpholine rings is 1. The van der Waals surface area contributed by atoms with Crippen LogP contribution in [0.5, 0.6) is 0 Å². The van der Waals surface area contributed by atoms with Crippen LogP contribution in [0.1, 0.15) is 5.56 Å². The zero-order valence-electron chi connectivity index (χ0n) is 9.76. The molecule has 0 atom stereocenters. The van der Waals surface area contributed by atoms with Crippen molar-refractivity contribution in [1.82, 2.24) is 9.88 Å². The summed E-state index contributed by atoms with van der Waals surface area (Å²) in [5.74, 6) is 0. The quantitative estimate of drug-likeness (QED) is 0.832. The maximum absolute atomic E-state index is 5.35. The molecule has 0 spiro atoms. The topological polar surface area (TPSA) is 25.4 Å². The fraction of sp³-hybridized carbons (Fsp3) is 0.462. The fourth-order valence-electron chi connectivity index (χ4n) is 2.17. The Morgan fingerprint density at radius 1 is 1.29 bits per heavy atom. The van der Waals surface area contributed by atoms with E-state index in [4.69, 9.17) is 4.74 Å². The standard InChI is InChI=1S/C13H16N2OS/c1-2-12-13(17-10-14-12)9-11(1)3-4-15-5-7-16-8-6-15/h1-2,9-10H,3-8H2. The predicted molar refractivity (Wildman–Crippen MR) is 70.6 cm³/mol. The molecule has 4 heteroatoms. The maximum Gasteiger partial charge on any atom is 0.0812 e. The van der Waals surface area contributed by atoms with Crippen molar-refractivity contribution in [2.24, 2.45) is 0 Å². The van der Waals surface area contributed by atoms with Gasteiger partial charge in [0.1, 0.15) is 0 Å². The zero-order valence-corrected chi connectivity index (χ0v) is 10.6. The Bertz CT molecular complexity index is 491. The Morgan fingerprint density at radius 2 is 2.18 bits per heavy atom. The molecule has 2 heterocycles. The van der Waals surface area contributed by atoms with E-state index >= 15 is 0 Å². The summed E-state index contributed by atoms with van der Waals surface area (Å²) in [6, 6.07) is 6.59. The molecule has 1 aromatic carbocycles. The second-order valence-corrected chi connectivity index (χ2v) is 5.24. The van der Waals surface area contributed by atoms with Gasteiger partial charge >= 0.3 is 0 Å².